The first kappa shape index (κ1) is 57.3. The molecule has 5 aromatic rings. The highest BCUT2D eigenvalue weighted by Crippen LogP contribution is 2.35. The molecular weight excluding hydrogens is 1030 g/mol. The summed E-state index contributed by atoms with van der Waals surface area (Å²) < 4.78 is 46.1. The molecule has 434 valence electrons. The van der Waals surface area contributed by atoms with Gasteiger partial charge in [-0.25, -0.2) is 14.3 Å². The van der Waals surface area contributed by atoms with E-state index < -0.39 is 116 Å². The standard InChI is InChI=1S/C50H76N16O13/c1-63-11-13-64(14-12-63)27-7-10-31-32(17-27)58-47(57-31)24-5-8-28(9-6-24)73-16-15-65-21-25(59-61-65)3-2-4-26-22-66(62-60-26)23-35-45(78-49-37(56)42(71)40(69)34(20-52)75-49)43(72)50(76-35)79-46-38(67)29(53)18-30(54)44(46)77-48-36(55)41(70)39(68)33(19-51)74-48/h5-10,17,21-22,29-30,33-46,48-50,67-72H,2-4,11-16,18-20,23,51-56H2,1H3,(H,57,58)/t29-,30?,33?,34+,35-,36?,37?,38?,39+,40-,41-,42?,43+,44+,45+,46-,48+,49-,50?/m1/s1. The number of aliphatic hydroxyl groups excluding tert-OH is 6. The summed E-state index contributed by atoms with van der Waals surface area (Å²) in [6.07, 6.45) is -14.7. The van der Waals surface area contributed by atoms with Gasteiger partial charge in [-0.2, -0.15) is 0 Å². The molecule has 1 aliphatic carbocycles. The third-order valence-electron chi connectivity index (χ3n) is 15.6. The van der Waals surface area contributed by atoms with Crippen LogP contribution in [-0.4, -0.2) is 245 Å². The van der Waals surface area contributed by atoms with E-state index in [9.17, 15) is 30.6 Å². The predicted octanol–water partition coefficient (Wildman–Crippen LogP) is -5.46. The van der Waals surface area contributed by atoms with Gasteiger partial charge in [0.15, 0.2) is 18.9 Å². The number of piperazine rings is 1. The number of anilines is 1. The summed E-state index contributed by atoms with van der Waals surface area (Å²) >= 11 is 0. The van der Waals surface area contributed by atoms with E-state index in [0.717, 1.165) is 60.0 Å². The van der Waals surface area contributed by atoms with Gasteiger partial charge in [0, 0.05) is 75.0 Å². The minimum absolute atomic E-state index is 0.0557. The smallest absolute Gasteiger partial charge is 0.187 e. The van der Waals surface area contributed by atoms with Gasteiger partial charge in [0.1, 0.15) is 85.3 Å². The number of aryl methyl sites for hydroxylation is 2. The zero-order valence-corrected chi connectivity index (χ0v) is 43.9. The van der Waals surface area contributed by atoms with Crippen LogP contribution in [-0.2, 0) is 54.4 Å². The maximum absolute atomic E-state index is 11.9. The molecule has 79 heavy (non-hydrogen) atoms. The second-order valence-electron chi connectivity index (χ2n) is 21.3. The number of hydrogen-bond acceptors (Lipinski definition) is 26. The van der Waals surface area contributed by atoms with Crippen LogP contribution in [0, 0.1) is 0 Å². The van der Waals surface area contributed by atoms with E-state index in [1.807, 2.05) is 30.5 Å². The first-order valence-electron chi connectivity index (χ1n) is 26.9. The van der Waals surface area contributed by atoms with Crippen molar-refractivity contribution in [2.24, 2.45) is 34.4 Å². The highest BCUT2D eigenvalue weighted by Gasteiger charge is 2.54. The molecule has 0 spiro atoms. The molecule has 19 N–H and O–H groups in total. The minimum atomic E-state index is -1.62. The Morgan fingerprint density at radius 2 is 1.24 bits per heavy atom. The van der Waals surface area contributed by atoms with Crippen LogP contribution in [0.15, 0.2) is 54.9 Å². The van der Waals surface area contributed by atoms with E-state index in [0.29, 0.717) is 38.1 Å². The van der Waals surface area contributed by atoms with Crippen molar-refractivity contribution < 1.29 is 63.8 Å². The summed E-state index contributed by atoms with van der Waals surface area (Å²) in [4.78, 5) is 13.1. The minimum Gasteiger partial charge on any atom is -0.492 e. The van der Waals surface area contributed by atoms with Crippen LogP contribution in [0.1, 0.15) is 24.2 Å². The van der Waals surface area contributed by atoms with Crippen LogP contribution >= 0.6 is 0 Å². The van der Waals surface area contributed by atoms with Crippen LogP contribution < -0.4 is 44.0 Å². The molecule has 7 unspecified atom stereocenters. The number of rotatable bonds is 20. The Morgan fingerprint density at radius 1 is 0.646 bits per heavy atom. The molecule has 3 aromatic heterocycles. The van der Waals surface area contributed by atoms with Gasteiger partial charge in [-0.15, -0.1) is 10.2 Å². The summed E-state index contributed by atoms with van der Waals surface area (Å²) in [5.41, 5.74) is 42.5. The number of nitrogens with zero attached hydrogens (tertiary/aromatic N) is 9. The Balaban J connectivity index is 0.734. The molecule has 4 saturated heterocycles. The Labute approximate surface area is 454 Å². The van der Waals surface area contributed by atoms with Crippen molar-refractivity contribution in [3.8, 4) is 17.1 Å². The van der Waals surface area contributed by atoms with Crippen molar-refractivity contribution in [1.82, 2.24) is 44.9 Å². The topological polar surface area (TPSA) is 439 Å². The fraction of sp³-hybridized carbons (Fsp3) is 0.660. The van der Waals surface area contributed by atoms with Crippen molar-refractivity contribution in [1.29, 1.82) is 0 Å². The maximum atomic E-state index is 11.9. The van der Waals surface area contributed by atoms with Crippen molar-refractivity contribution in [2.75, 3.05) is 57.8 Å². The summed E-state index contributed by atoms with van der Waals surface area (Å²) in [6, 6.07) is 9.89. The molecule has 29 heteroatoms. The lowest BCUT2D eigenvalue weighted by atomic mass is 9.84. The Kier molecular flexibility index (Phi) is 18.1. The highest BCUT2D eigenvalue weighted by atomic mass is 16.8. The molecule has 4 aliphatic heterocycles. The van der Waals surface area contributed by atoms with Crippen molar-refractivity contribution >= 4 is 16.7 Å². The lowest BCUT2D eigenvalue weighted by molar-refractivity contribution is -0.306. The Hall–Kier alpha value is -4.97. The molecule has 0 bridgehead atoms. The number of imidazole rings is 1. The zero-order chi connectivity index (χ0) is 55.6. The Morgan fingerprint density at radius 3 is 1.89 bits per heavy atom. The second kappa shape index (κ2) is 25.0. The van der Waals surface area contributed by atoms with Gasteiger partial charge in [0.2, 0.25) is 0 Å². The number of H-pyrrole nitrogens is 1. The van der Waals surface area contributed by atoms with E-state index in [2.05, 4.69) is 60.7 Å². The normalized spacial score (nSPS) is 35.6. The van der Waals surface area contributed by atoms with Crippen molar-refractivity contribution in [3.05, 3.63) is 66.2 Å². The summed E-state index contributed by atoms with van der Waals surface area (Å²) in [7, 11) is 2.15. The molecule has 7 heterocycles. The molecule has 2 aromatic carbocycles. The number of aromatic nitrogens is 8. The van der Waals surface area contributed by atoms with Gasteiger partial charge in [-0.1, -0.05) is 10.4 Å². The number of aliphatic hydroxyl groups is 6. The number of likely N-dealkylation sites (N-methyl/N-ethyl adjacent to an activating group) is 1. The average molecular weight is 1110 g/mol. The lowest BCUT2D eigenvalue weighted by Gasteiger charge is -2.47. The van der Waals surface area contributed by atoms with E-state index in [1.54, 1.807) is 10.9 Å². The van der Waals surface area contributed by atoms with Gasteiger partial charge in [-0.3, -0.25) is 0 Å². The molecule has 29 nitrogen and oxygen atoms in total. The van der Waals surface area contributed by atoms with Gasteiger partial charge >= 0.3 is 0 Å². The van der Waals surface area contributed by atoms with Gasteiger partial charge in [0.25, 0.3) is 0 Å². The quantitative estimate of drug-likeness (QED) is 0.0346. The molecule has 0 amide bonds. The second-order valence-corrected chi connectivity index (χ2v) is 21.3. The average Bonchev–Trinajstić information content (AvgIpc) is 4.29. The van der Waals surface area contributed by atoms with E-state index >= 15 is 0 Å². The van der Waals surface area contributed by atoms with Crippen molar-refractivity contribution in [3.63, 3.8) is 0 Å². The SMILES string of the molecule is CN1CCN(c2ccc3nc(-c4ccc(OCCn5cc(CCCc6cn(C[C@H]7OC(O[C@@H]8C(O)[C@H](N)CC(N)[C@@H]8O[C@@H]8OC(CN)[C@H](O)[C@H](O)C8N)[C@@H](O)[C@H]7O[C@H]7O[C@@H](CN)[C@@H](O)C(O)C7N)nn6)nn5)cc4)[nH]c3c2)CC1. The van der Waals surface area contributed by atoms with Crippen LogP contribution in [0.4, 0.5) is 5.69 Å². The Bertz CT molecular complexity index is 2730. The van der Waals surface area contributed by atoms with Crippen LogP contribution in [0.5, 0.6) is 5.75 Å². The fourth-order valence-corrected chi connectivity index (χ4v) is 10.8. The largest absolute Gasteiger partial charge is 0.492 e. The maximum Gasteiger partial charge on any atom is 0.187 e. The third kappa shape index (κ3) is 12.7. The first-order valence-corrected chi connectivity index (χ1v) is 26.9. The first-order chi connectivity index (χ1) is 38.0. The zero-order valence-electron chi connectivity index (χ0n) is 43.9. The molecule has 5 aliphatic rings. The third-order valence-corrected chi connectivity index (χ3v) is 15.6. The number of benzene rings is 2. The summed E-state index contributed by atoms with van der Waals surface area (Å²) in [5.74, 6) is 1.52. The number of ether oxygens (including phenoxy) is 7. The van der Waals surface area contributed by atoms with Crippen LogP contribution in [0.2, 0.25) is 0 Å². The van der Waals surface area contributed by atoms with E-state index in [4.69, 9.17) is 72.5 Å². The van der Waals surface area contributed by atoms with E-state index in [-0.39, 0.29) is 26.1 Å². The van der Waals surface area contributed by atoms with Crippen LogP contribution in [0.25, 0.3) is 22.4 Å². The summed E-state index contributed by atoms with van der Waals surface area (Å²) in [5, 5.41) is 83.2. The monoisotopic (exact) mass is 1110 g/mol. The lowest BCUT2D eigenvalue weighted by Crippen LogP contribution is -2.68. The number of hydrogen-bond donors (Lipinski definition) is 13. The van der Waals surface area contributed by atoms with Gasteiger partial charge in [-0.05, 0) is 75.2 Å². The van der Waals surface area contributed by atoms with E-state index in [1.165, 1.54) is 10.4 Å². The molecule has 5 fully saturated rings. The van der Waals surface area contributed by atoms with Crippen LogP contribution in [0.3, 0.4) is 0 Å². The predicted molar refractivity (Wildman–Crippen MR) is 280 cm³/mol. The molecule has 19 atom stereocenters. The number of nitrogens with one attached hydrogen (secondary N) is 1. The molecule has 10 rings (SSSR count). The number of fused-ring (bicyclic) bond motifs is 1. The number of aromatic amines is 1. The molecule has 0 radical (unpaired) electrons. The van der Waals surface area contributed by atoms with Crippen molar-refractivity contribution in [2.45, 2.75) is 155 Å². The molecule has 1 saturated carbocycles. The van der Waals surface area contributed by atoms with Gasteiger partial charge < -0.3 is 113 Å². The molecular formula is C50H76N16O13. The highest BCUT2D eigenvalue weighted by molar-refractivity contribution is 5.83. The fourth-order valence-electron chi connectivity index (χ4n) is 10.8. The van der Waals surface area contributed by atoms with Gasteiger partial charge in [0.05, 0.1) is 53.7 Å². The summed E-state index contributed by atoms with van der Waals surface area (Å²) in [6.45, 7) is 4.53. The number of nitrogens with two attached hydrogens (primary N) is 6.